The van der Waals surface area contributed by atoms with Crippen LogP contribution < -0.4 is 51.4 Å². The first-order valence-electron chi connectivity index (χ1n) is 16.3. The molecule has 0 spiro atoms. The van der Waals surface area contributed by atoms with Crippen LogP contribution in [-0.2, 0) is 14.6 Å². The Labute approximate surface area is 281 Å². The van der Waals surface area contributed by atoms with Crippen molar-refractivity contribution in [3.63, 3.8) is 0 Å². The topological polar surface area (TPSA) is 66.4 Å². The first-order valence-corrected chi connectivity index (χ1v) is 17.6. The molecule has 0 aliphatic heterocycles. The number of unbranched alkanes of at least 4 members (excludes halogenated alkanes) is 23. The van der Waals surface area contributed by atoms with Crippen LogP contribution in [0, 0.1) is 5.92 Å². The van der Waals surface area contributed by atoms with E-state index < -0.39 is 10.4 Å². The minimum atomic E-state index is -4.62. The van der Waals surface area contributed by atoms with Crippen molar-refractivity contribution in [1.29, 1.82) is 0 Å². The molecule has 0 aliphatic rings. The minimum Gasteiger partial charge on any atom is -0.726 e. The normalized spacial score (nSPS) is 12.7. The maximum atomic E-state index is 10.9. The second kappa shape index (κ2) is 32.8. The van der Waals surface area contributed by atoms with Crippen molar-refractivity contribution in [2.45, 2.75) is 181 Å². The van der Waals surface area contributed by atoms with Gasteiger partial charge in [-0.25, -0.2) is 8.42 Å². The summed E-state index contributed by atoms with van der Waals surface area (Å²) in [7, 11) is -4.62. The Hall–Kier alpha value is 1.25. The van der Waals surface area contributed by atoms with E-state index in [1.54, 1.807) is 0 Å². The van der Waals surface area contributed by atoms with E-state index in [9.17, 15) is 13.0 Å². The van der Waals surface area contributed by atoms with E-state index in [4.69, 9.17) is 0 Å². The molecule has 4 nitrogen and oxygen atoms in total. The SMILES string of the molecule is CCCCCCCCCCCCCCCC/C=C/C(CCCCCCCCCCCC)COS(=O)(=O)[O-].[K+]. The Kier molecular flexibility index (Phi) is 35.7. The fourth-order valence-electron chi connectivity index (χ4n) is 5.05. The Morgan fingerprint density at radius 3 is 1.29 bits per heavy atom. The summed E-state index contributed by atoms with van der Waals surface area (Å²) in [6.45, 7) is 4.51. The molecule has 0 fully saturated rings. The van der Waals surface area contributed by atoms with Crippen LogP contribution in [0.5, 0.6) is 0 Å². The van der Waals surface area contributed by atoms with Crippen molar-refractivity contribution < 1.29 is 68.5 Å². The molecule has 222 valence electrons. The zero-order chi connectivity index (χ0) is 27.3. The fraction of sp³-hybridized carbons (Fsp3) is 0.938. The second-order valence-corrected chi connectivity index (χ2v) is 12.3. The van der Waals surface area contributed by atoms with Crippen LogP contribution in [-0.4, -0.2) is 19.6 Å². The second-order valence-electron chi connectivity index (χ2n) is 11.2. The first-order chi connectivity index (χ1) is 18.0. The summed E-state index contributed by atoms with van der Waals surface area (Å²) < 4.78 is 37.3. The van der Waals surface area contributed by atoms with Gasteiger partial charge >= 0.3 is 51.4 Å². The number of rotatable bonds is 30. The maximum absolute atomic E-state index is 10.9. The summed E-state index contributed by atoms with van der Waals surface area (Å²) in [6.07, 6.45) is 38.1. The van der Waals surface area contributed by atoms with E-state index in [-0.39, 0.29) is 63.9 Å². The van der Waals surface area contributed by atoms with Gasteiger partial charge in [0.25, 0.3) is 0 Å². The van der Waals surface area contributed by atoms with Crippen LogP contribution >= 0.6 is 0 Å². The van der Waals surface area contributed by atoms with Crippen molar-refractivity contribution in [3.8, 4) is 0 Å². The van der Waals surface area contributed by atoms with Gasteiger partial charge in [0.15, 0.2) is 0 Å². The summed E-state index contributed by atoms with van der Waals surface area (Å²) >= 11 is 0. The van der Waals surface area contributed by atoms with E-state index in [0.717, 1.165) is 19.3 Å². The summed E-state index contributed by atoms with van der Waals surface area (Å²) in [4.78, 5) is 0. The molecule has 0 saturated carbocycles. The molecule has 1 unspecified atom stereocenters. The summed E-state index contributed by atoms with van der Waals surface area (Å²) in [6, 6.07) is 0. The molecule has 0 saturated heterocycles. The van der Waals surface area contributed by atoms with Crippen LogP contribution in [0.15, 0.2) is 12.2 Å². The van der Waals surface area contributed by atoms with Crippen LogP contribution in [0.2, 0.25) is 0 Å². The predicted molar refractivity (Wildman–Crippen MR) is 160 cm³/mol. The van der Waals surface area contributed by atoms with Gasteiger partial charge in [0.05, 0.1) is 6.61 Å². The molecule has 0 rings (SSSR count). The average molecular weight is 583 g/mol. The van der Waals surface area contributed by atoms with Gasteiger partial charge in [0, 0.05) is 5.92 Å². The monoisotopic (exact) mass is 582 g/mol. The summed E-state index contributed by atoms with van der Waals surface area (Å²) in [5.41, 5.74) is 0. The number of hydrogen-bond acceptors (Lipinski definition) is 4. The first kappa shape index (κ1) is 41.4. The molecule has 0 heterocycles. The fourth-order valence-corrected chi connectivity index (χ4v) is 5.39. The Morgan fingerprint density at radius 2 is 0.921 bits per heavy atom. The Balaban J connectivity index is 0. The third-order valence-corrected chi connectivity index (χ3v) is 7.91. The molecule has 0 aromatic rings. The third kappa shape index (κ3) is 35.3. The van der Waals surface area contributed by atoms with Crippen LogP contribution in [0.3, 0.4) is 0 Å². The molecular formula is C32H63KO4S. The molecule has 38 heavy (non-hydrogen) atoms. The van der Waals surface area contributed by atoms with Crippen molar-refractivity contribution >= 4 is 10.4 Å². The minimum absolute atomic E-state index is 0. The van der Waals surface area contributed by atoms with E-state index in [0.29, 0.717) is 0 Å². The van der Waals surface area contributed by atoms with Crippen molar-refractivity contribution in [2.24, 2.45) is 5.92 Å². The molecule has 1 atom stereocenters. The molecule has 0 aromatic heterocycles. The maximum Gasteiger partial charge on any atom is 1.00 e. The van der Waals surface area contributed by atoms with Gasteiger partial charge in [-0.2, -0.15) is 0 Å². The zero-order valence-corrected chi connectivity index (χ0v) is 29.8. The standard InChI is InChI=1S/C32H64O4S.K/c1-3-5-7-9-11-13-15-16-17-18-19-20-22-24-26-28-30-32(31-36-37(33,34)35)29-27-25-23-21-14-12-10-8-6-4-2;/h28,30,32H,3-27,29,31H2,1-2H3,(H,33,34,35);/q;+1/p-1/b30-28+;. The van der Waals surface area contributed by atoms with Crippen LogP contribution in [0.4, 0.5) is 0 Å². The number of allylic oxidation sites excluding steroid dienone is 1. The zero-order valence-electron chi connectivity index (χ0n) is 25.9. The molecule has 0 N–H and O–H groups in total. The van der Waals surface area contributed by atoms with Crippen molar-refractivity contribution in [1.82, 2.24) is 0 Å². The summed E-state index contributed by atoms with van der Waals surface area (Å²) in [5, 5.41) is 0. The van der Waals surface area contributed by atoms with Gasteiger partial charge in [0.1, 0.15) is 0 Å². The third-order valence-electron chi connectivity index (χ3n) is 7.49. The smallest absolute Gasteiger partial charge is 0.726 e. The van der Waals surface area contributed by atoms with Gasteiger partial charge in [-0.15, -0.1) is 0 Å². The quantitative estimate of drug-likeness (QED) is 0.0285. The largest absolute Gasteiger partial charge is 1.00 e. The van der Waals surface area contributed by atoms with Crippen molar-refractivity contribution in [3.05, 3.63) is 12.2 Å². The molecule has 0 bridgehead atoms. The van der Waals surface area contributed by atoms with Gasteiger partial charge < -0.3 is 4.55 Å². The van der Waals surface area contributed by atoms with Gasteiger partial charge in [-0.05, 0) is 19.3 Å². The number of hydrogen-bond donors (Lipinski definition) is 0. The van der Waals surface area contributed by atoms with Crippen molar-refractivity contribution in [2.75, 3.05) is 6.61 Å². The van der Waals surface area contributed by atoms with Gasteiger partial charge in [-0.1, -0.05) is 174 Å². The van der Waals surface area contributed by atoms with Crippen LogP contribution in [0.25, 0.3) is 0 Å². The Bertz CT molecular complexity index is 580. The van der Waals surface area contributed by atoms with E-state index in [2.05, 4.69) is 30.2 Å². The van der Waals surface area contributed by atoms with E-state index in [1.165, 1.54) is 148 Å². The van der Waals surface area contributed by atoms with Gasteiger partial charge in [-0.3, -0.25) is 4.18 Å². The molecular weight excluding hydrogens is 520 g/mol. The Morgan fingerprint density at radius 1 is 0.579 bits per heavy atom. The van der Waals surface area contributed by atoms with E-state index in [1.807, 2.05) is 0 Å². The summed E-state index contributed by atoms with van der Waals surface area (Å²) in [5.74, 6) is 0.0180. The molecule has 0 aromatic carbocycles. The predicted octanol–water partition coefficient (Wildman–Crippen LogP) is 7.82. The molecule has 0 radical (unpaired) electrons. The molecule has 6 heteroatoms. The molecule has 0 aliphatic carbocycles. The van der Waals surface area contributed by atoms with Gasteiger partial charge in [0.2, 0.25) is 10.4 Å². The molecule has 0 amide bonds. The van der Waals surface area contributed by atoms with Crippen LogP contribution in [0.1, 0.15) is 181 Å². The van der Waals surface area contributed by atoms with E-state index >= 15 is 0 Å². The average Bonchev–Trinajstić information content (AvgIpc) is 2.87.